The number of aliphatic hydroxyl groups is 1. The molecule has 2 aliphatic heterocycles. The summed E-state index contributed by atoms with van der Waals surface area (Å²) in [7, 11) is 0. The summed E-state index contributed by atoms with van der Waals surface area (Å²) in [4.78, 5) is 3.58. The number of nitrogens with zero attached hydrogens (tertiary/aromatic N) is 2. The van der Waals surface area contributed by atoms with Gasteiger partial charge in [-0.15, -0.1) is 11.8 Å². The van der Waals surface area contributed by atoms with E-state index in [2.05, 4.69) is 9.27 Å². The Balaban J connectivity index is 1.94. The first-order valence-corrected chi connectivity index (χ1v) is 7.96. The highest BCUT2D eigenvalue weighted by Gasteiger charge is 2.42. The first-order valence-electron chi connectivity index (χ1n) is 5.96. The fourth-order valence-electron chi connectivity index (χ4n) is 3.12. The van der Waals surface area contributed by atoms with E-state index in [0.29, 0.717) is 17.9 Å². The van der Waals surface area contributed by atoms with Crippen molar-refractivity contribution in [3.05, 3.63) is 0 Å². The fraction of sp³-hybridized carbons (Fsp3) is 0.727. The molecule has 3 rings (SSSR count). The third kappa shape index (κ3) is 1.82. The molecule has 6 heteroatoms. The molecule has 0 radical (unpaired) electrons. The predicted molar refractivity (Wildman–Crippen MR) is 72.8 cm³/mol. The van der Waals surface area contributed by atoms with Gasteiger partial charge in [0.05, 0.1) is 11.0 Å². The molecule has 94 valence electrons. The minimum Gasteiger partial charge on any atom is -0.393 e. The highest BCUT2D eigenvalue weighted by Crippen LogP contribution is 2.46. The Morgan fingerprint density at radius 1 is 1.41 bits per heavy atom. The molecule has 2 bridgehead atoms. The van der Waals surface area contributed by atoms with Crippen LogP contribution in [-0.4, -0.2) is 33.9 Å². The van der Waals surface area contributed by atoms with E-state index in [0.717, 1.165) is 17.7 Å². The summed E-state index contributed by atoms with van der Waals surface area (Å²) in [5, 5.41) is 11.0. The zero-order valence-electron chi connectivity index (χ0n) is 9.80. The summed E-state index contributed by atoms with van der Waals surface area (Å²) >= 11 is 3.18. The molecule has 1 aromatic heterocycles. The lowest BCUT2D eigenvalue weighted by atomic mass is 10.0. The summed E-state index contributed by atoms with van der Waals surface area (Å²) in [6.45, 7) is 0. The van der Waals surface area contributed by atoms with Gasteiger partial charge in [-0.25, -0.2) is 0 Å². The van der Waals surface area contributed by atoms with Crippen LogP contribution in [0.15, 0.2) is 4.90 Å². The van der Waals surface area contributed by atoms with Gasteiger partial charge in [0.25, 0.3) is 0 Å². The van der Waals surface area contributed by atoms with Gasteiger partial charge in [0.15, 0.2) is 5.82 Å². The lowest BCUT2D eigenvalue weighted by Gasteiger charge is -2.38. The minimum absolute atomic E-state index is 0.119. The van der Waals surface area contributed by atoms with E-state index >= 15 is 0 Å². The Labute approximate surface area is 109 Å². The van der Waals surface area contributed by atoms with Crippen molar-refractivity contribution >= 4 is 34.1 Å². The van der Waals surface area contributed by atoms with Crippen LogP contribution in [-0.2, 0) is 0 Å². The number of anilines is 2. The van der Waals surface area contributed by atoms with Crippen LogP contribution in [0.3, 0.4) is 0 Å². The molecule has 4 nitrogen and oxygen atoms in total. The Morgan fingerprint density at radius 2 is 2.06 bits per heavy atom. The van der Waals surface area contributed by atoms with Gasteiger partial charge in [-0.3, -0.25) is 0 Å². The maximum Gasteiger partial charge on any atom is 0.153 e. The quantitative estimate of drug-likeness (QED) is 0.805. The van der Waals surface area contributed by atoms with E-state index in [9.17, 15) is 5.11 Å². The van der Waals surface area contributed by atoms with Gasteiger partial charge < -0.3 is 15.7 Å². The van der Waals surface area contributed by atoms with Crippen molar-refractivity contribution in [1.29, 1.82) is 0 Å². The molecule has 3 N–H and O–H groups in total. The molecule has 2 atom stereocenters. The van der Waals surface area contributed by atoms with Crippen LogP contribution in [0.2, 0.25) is 0 Å². The number of hydrogen-bond donors (Lipinski definition) is 2. The number of aliphatic hydroxyl groups excluding tert-OH is 1. The molecule has 2 saturated heterocycles. The van der Waals surface area contributed by atoms with E-state index in [-0.39, 0.29) is 6.10 Å². The number of hydrogen-bond acceptors (Lipinski definition) is 6. The smallest absolute Gasteiger partial charge is 0.153 e. The third-order valence-electron chi connectivity index (χ3n) is 3.80. The number of aromatic nitrogens is 1. The zero-order valence-corrected chi connectivity index (χ0v) is 11.4. The van der Waals surface area contributed by atoms with Crippen LogP contribution < -0.4 is 10.6 Å². The number of nitrogen functional groups attached to an aromatic ring is 1. The highest BCUT2D eigenvalue weighted by atomic mass is 32.2. The second-order valence-corrected chi connectivity index (χ2v) is 6.39. The number of rotatable bonds is 2. The second-order valence-electron chi connectivity index (χ2n) is 4.82. The fourth-order valence-corrected chi connectivity index (χ4v) is 4.93. The van der Waals surface area contributed by atoms with Crippen molar-refractivity contribution < 1.29 is 5.11 Å². The lowest BCUT2D eigenvalue weighted by Crippen LogP contribution is -2.44. The van der Waals surface area contributed by atoms with Crippen LogP contribution in [0, 0.1) is 0 Å². The van der Waals surface area contributed by atoms with Crippen LogP contribution in [0.25, 0.3) is 0 Å². The Kier molecular flexibility index (Phi) is 2.96. The van der Waals surface area contributed by atoms with Crippen molar-refractivity contribution in [3.63, 3.8) is 0 Å². The topological polar surface area (TPSA) is 62.4 Å². The average Bonchev–Trinajstić information content (AvgIpc) is 2.77. The monoisotopic (exact) mass is 271 g/mol. The third-order valence-corrected chi connectivity index (χ3v) is 5.62. The molecule has 0 saturated carbocycles. The first kappa shape index (κ1) is 11.6. The lowest BCUT2D eigenvalue weighted by molar-refractivity contribution is 0.126. The molecule has 2 aliphatic rings. The normalized spacial score (nSPS) is 32.1. The van der Waals surface area contributed by atoms with Crippen molar-refractivity contribution in [3.8, 4) is 0 Å². The molecule has 2 unspecified atom stereocenters. The van der Waals surface area contributed by atoms with Crippen LogP contribution >= 0.6 is 23.3 Å². The molecule has 3 heterocycles. The van der Waals surface area contributed by atoms with Crippen LogP contribution in [0.5, 0.6) is 0 Å². The number of piperidine rings is 1. The molecule has 0 amide bonds. The molecule has 0 aliphatic carbocycles. The van der Waals surface area contributed by atoms with E-state index in [4.69, 9.17) is 5.73 Å². The van der Waals surface area contributed by atoms with Crippen molar-refractivity contribution in [2.24, 2.45) is 0 Å². The van der Waals surface area contributed by atoms with Gasteiger partial charge in [-0.05, 0) is 43.5 Å². The van der Waals surface area contributed by atoms with Crippen LogP contribution in [0.4, 0.5) is 10.8 Å². The Hall–Kier alpha value is -0.460. The molecular weight excluding hydrogens is 254 g/mol. The maximum atomic E-state index is 9.82. The zero-order chi connectivity index (χ0) is 12.0. The SMILES string of the molecule is CSc1c(N)nsc1N1C2CCC1CC(O)C2. The number of nitrogens with two attached hydrogens (primary N) is 1. The Bertz CT molecular complexity index is 409. The summed E-state index contributed by atoms with van der Waals surface area (Å²) in [5.41, 5.74) is 5.90. The highest BCUT2D eigenvalue weighted by molar-refractivity contribution is 7.99. The predicted octanol–water partition coefficient (Wildman–Crippen LogP) is 1.94. The van der Waals surface area contributed by atoms with Gasteiger partial charge in [-0.1, -0.05) is 0 Å². The van der Waals surface area contributed by atoms with Crippen molar-refractivity contribution in [2.45, 2.75) is 48.8 Å². The van der Waals surface area contributed by atoms with E-state index in [1.807, 2.05) is 6.26 Å². The summed E-state index contributed by atoms with van der Waals surface area (Å²) in [5.74, 6) is 0.656. The maximum absolute atomic E-state index is 9.82. The van der Waals surface area contributed by atoms with Gasteiger partial charge in [-0.2, -0.15) is 4.37 Å². The van der Waals surface area contributed by atoms with E-state index < -0.39 is 0 Å². The summed E-state index contributed by atoms with van der Waals surface area (Å²) in [6.07, 6.45) is 6.08. The molecule has 2 fully saturated rings. The summed E-state index contributed by atoms with van der Waals surface area (Å²) < 4.78 is 4.27. The number of fused-ring (bicyclic) bond motifs is 2. The molecular formula is C11H17N3OS2. The van der Waals surface area contributed by atoms with E-state index in [1.165, 1.54) is 29.4 Å². The minimum atomic E-state index is -0.119. The second kappa shape index (κ2) is 4.33. The molecule has 1 aromatic rings. The largest absolute Gasteiger partial charge is 0.393 e. The standard InChI is InChI=1S/C11H17N3OS2/c1-16-9-10(12)13-17-11(9)14-6-2-3-7(14)5-8(15)4-6/h6-8,15H,2-5H2,1H3,(H2,12,13). The van der Waals surface area contributed by atoms with Crippen molar-refractivity contribution in [1.82, 2.24) is 4.37 Å². The number of thioether (sulfide) groups is 1. The Morgan fingerprint density at radius 3 is 2.65 bits per heavy atom. The average molecular weight is 271 g/mol. The first-order chi connectivity index (χ1) is 8.20. The molecule has 17 heavy (non-hydrogen) atoms. The molecule has 0 aromatic carbocycles. The van der Waals surface area contributed by atoms with Crippen LogP contribution in [0.1, 0.15) is 25.7 Å². The van der Waals surface area contributed by atoms with E-state index in [1.54, 1.807) is 11.8 Å². The van der Waals surface area contributed by atoms with Crippen molar-refractivity contribution in [2.75, 3.05) is 16.9 Å². The van der Waals surface area contributed by atoms with Gasteiger partial charge in [0.1, 0.15) is 5.00 Å². The van der Waals surface area contributed by atoms with Gasteiger partial charge >= 0.3 is 0 Å². The molecule has 0 spiro atoms. The van der Waals surface area contributed by atoms with Gasteiger partial charge in [0, 0.05) is 12.1 Å². The van der Waals surface area contributed by atoms with Gasteiger partial charge in [0.2, 0.25) is 0 Å². The summed E-state index contributed by atoms with van der Waals surface area (Å²) in [6, 6.07) is 0.962.